The van der Waals surface area contributed by atoms with Gasteiger partial charge in [-0.1, -0.05) is 11.6 Å². The van der Waals surface area contributed by atoms with Crippen molar-refractivity contribution in [3.8, 4) is 0 Å². The molecule has 3 heterocycles. The van der Waals surface area contributed by atoms with Gasteiger partial charge in [-0.2, -0.15) is 0 Å². The second-order valence-corrected chi connectivity index (χ2v) is 6.06. The third-order valence-corrected chi connectivity index (χ3v) is 4.89. The normalized spacial score (nSPS) is 36.9. The van der Waals surface area contributed by atoms with E-state index in [1.807, 2.05) is 0 Å². The minimum Gasteiger partial charge on any atom is -0.312 e. The molecule has 0 saturated carbocycles. The molecular weight excluding hydrogens is 208 g/mol. The highest BCUT2D eigenvalue weighted by molar-refractivity contribution is 5.05. The molecule has 1 N–H and O–H groups in total. The SMILES string of the molecule is C1=C(CCNC2CN3CCC2CC3)CCCC1. The fraction of sp³-hybridized carbons (Fsp3) is 0.867. The van der Waals surface area contributed by atoms with Crippen LogP contribution >= 0.6 is 0 Å². The Hall–Kier alpha value is -0.340. The van der Waals surface area contributed by atoms with Crippen LogP contribution in [0.4, 0.5) is 0 Å². The number of hydrogen-bond acceptors (Lipinski definition) is 2. The van der Waals surface area contributed by atoms with Gasteiger partial charge in [-0.05, 0) is 70.5 Å². The Morgan fingerprint density at radius 2 is 2.12 bits per heavy atom. The van der Waals surface area contributed by atoms with Crippen molar-refractivity contribution in [3.63, 3.8) is 0 Å². The largest absolute Gasteiger partial charge is 0.312 e. The van der Waals surface area contributed by atoms with Gasteiger partial charge in [0.1, 0.15) is 0 Å². The van der Waals surface area contributed by atoms with Crippen molar-refractivity contribution in [1.29, 1.82) is 0 Å². The minimum absolute atomic E-state index is 0.793. The summed E-state index contributed by atoms with van der Waals surface area (Å²) in [5.74, 6) is 0.973. The van der Waals surface area contributed by atoms with Gasteiger partial charge in [0.25, 0.3) is 0 Å². The van der Waals surface area contributed by atoms with Crippen LogP contribution in [0, 0.1) is 5.92 Å². The number of piperidine rings is 3. The first-order valence-corrected chi connectivity index (χ1v) is 7.55. The molecule has 96 valence electrons. The molecule has 4 rings (SSSR count). The van der Waals surface area contributed by atoms with Gasteiger partial charge < -0.3 is 10.2 Å². The fourth-order valence-corrected chi connectivity index (χ4v) is 3.75. The van der Waals surface area contributed by atoms with E-state index in [1.165, 1.54) is 71.1 Å². The fourth-order valence-electron chi connectivity index (χ4n) is 3.75. The third-order valence-electron chi connectivity index (χ3n) is 4.89. The van der Waals surface area contributed by atoms with Crippen LogP contribution in [-0.4, -0.2) is 37.1 Å². The molecule has 2 nitrogen and oxygen atoms in total. The first kappa shape index (κ1) is 11.7. The molecule has 0 radical (unpaired) electrons. The van der Waals surface area contributed by atoms with Crippen molar-refractivity contribution in [2.45, 2.75) is 51.0 Å². The highest BCUT2D eigenvalue weighted by atomic mass is 15.2. The Balaban J connectivity index is 1.41. The maximum Gasteiger partial charge on any atom is 0.0224 e. The van der Waals surface area contributed by atoms with Crippen LogP contribution in [0.2, 0.25) is 0 Å². The van der Waals surface area contributed by atoms with E-state index in [0.29, 0.717) is 0 Å². The Kier molecular flexibility index (Phi) is 3.82. The van der Waals surface area contributed by atoms with Gasteiger partial charge in [0.2, 0.25) is 0 Å². The maximum absolute atomic E-state index is 3.82. The van der Waals surface area contributed by atoms with E-state index < -0.39 is 0 Å². The summed E-state index contributed by atoms with van der Waals surface area (Å²) < 4.78 is 0. The van der Waals surface area contributed by atoms with Crippen LogP contribution in [-0.2, 0) is 0 Å². The molecule has 1 aliphatic carbocycles. The van der Waals surface area contributed by atoms with Gasteiger partial charge in [0.05, 0.1) is 0 Å². The Morgan fingerprint density at radius 3 is 2.76 bits per heavy atom. The van der Waals surface area contributed by atoms with E-state index in [0.717, 1.165) is 12.0 Å². The average Bonchev–Trinajstić information content (AvgIpc) is 2.41. The number of hydrogen-bond donors (Lipinski definition) is 1. The van der Waals surface area contributed by atoms with Gasteiger partial charge in [-0.15, -0.1) is 0 Å². The quantitative estimate of drug-likeness (QED) is 0.752. The monoisotopic (exact) mass is 234 g/mol. The summed E-state index contributed by atoms with van der Waals surface area (Å²) >= 11 is 0. The number of rotatable bonds is 4. The highest BCUT2D eigenvalue weighted by Gasteiger charge is 2.33. The lowest BCUT2D eigenvalue weighted by Gasteiger charge is -2.45. The average molecular weight is 234 g/mol. The predicted molar refractivity (Wildman–Crippen MR) is 72.1 cm³/mol. The molecule has 1 unspecified atom stereocenters. The van der Waals surface area contributed by atoms with Crippen LogP contribution in [0.5, 0.6) is 0 Å². The van der Waals surface area contributed by atoms with Crippen LogP contribution < -0.4 is 5.32 Å². The minimum atomic E-state index is 0.793. The highest BCUT2D eigenvalue weighted by Crippen LogP contribution is 2.27. The zero-order valence-electron chi connectivity index (χ0n) is 11.0. The van der Waals surface area contributed by atoms with Gasteiger partial charge in [0.15, 0.2) is 0 Å². The molecule has 2 bridgehead atoms. The van der Waals surface area contributed by atoms with Gasteiger partial charge in [-0.25, -0.2) is 0 Å². The first-order valence-electron chi connectivity index (χ1n) is 7.55. The van der Waals surface area contributed by atoms with E-state index >= 15 is 0 Å². The summed E-state index contributed by atoms with van der Waals surface area (Å²) in [7, 11) is 0. The van der Waals surface area contributed by atoms with Crippen molar-refractivity contribution in [2.24, 2.45) is 5.92 Å². The number of nitrogens with one attached hydrogen (secondary N) is 1. The lowest BCUT2D eigenvalue weighted by Crippen LogP contribution is -2.56. The van der Waals surface area contributed by atoms with Crippen LogP contribution in [0.25, 0.3) is 0 Å². The van der Waals surface area contributed by atoms with E-state index in [1.54, 1.807) is 5.57 Å². The van der Waals surface area contributed by atoms with Crippen molar-refractivity contribution in [2.75, 3.05) is 26.2 Å². The van der Waals surface area contributed by atoms with Gasteiger partial charge in [0, 0.05) is 12.6 Å². The summed E-state index contributed by atoms with van der Waals surface area (Å²) in [5, 5.41) is 3.82. The smallest absolute Gasteiger partial charge is 0.0224 e. The molecule has 0 aromatic heterocycles. The predicted octanol–water partition coefficient (Wildman–Crippen LogP) is 2.56. The van der Waals surface area contributed by atoms with Crippen LogP contribution in [0.3, 0.4) is 0 Å². The van der Waals surface area contributed by atoms with Crippen LogP contribution in [0.1, 0.15) is 44.9 Å². The molecule has 2 heteroatoms. The molecule has 0 spiro atoms. The molecule has 0 aromatic carbocycles. The van der Waals surface area contributed by atoms with Crippen molar-refractivity contribution < 1.29 is 0 Å². The first-order chi connectivity index (χ1) is 8.42. The zero-order chi connectivity index (χ0) is 11.5. The molecule has 1 atom stereocenters. The number of allylic oxidation sites excluding steroid dienone is 1. The van der Waals surface area contributed by atoms with E-state index in [2.05, 4.69) is 16.3 Å². The van der Waals surface area contributed by atoms with Crippen molar-refractivity contribution in [3.05, 3.63) is 11.6 Å². The standard InChI is InChI=1S/C15H26N2/c1-2-4-13(5-3-1)6-9-16-15-12-17-10-7-14(15)8-11-17/h4,14-16H,1-3,5-12H2. The van der Waals surface area contributed by atoms with Crippen molar-refractivity contribution in [1.82, 2.24) is 10.2 Å². The van der Waals surface area contributed by atoms with Crippen LogP contribution in [0.15, 0.2) is 11.6 Å². The molecule has 3 saturated heterocycles. The van der Waals surface area contributed by atoms with E-state index in [-0.39, 0.29) is 0 Å². The Morgan fingerprint density at radius 1 is 1.24 bits per heavy atom. The maximum atomic E-state index is 3.82. The molecule has 0 aromatic rings. The third kappa shape index (κ3) is 2.92. The summed E-state index contributed by atoms with van der Waals surface area (Å²) in [5.41, 5.74) is 1.71. The van der Waals surface area contributed by atoms with Crippen molar-refractivity contribution >= 4 is 0 Å². The summed E-state index contributed by atoms with van der Waals surface area (Å²) in [6.45, 7) is 5.23. The van der Waals surface area contributed by atoms with E-state index in [9.17, 15) is 0 Å². The molecule has 3 fully saturated rings. The van der Waals surface area contributed by atoms with Gasteiger partial charge in [-0.3, -0.25) is 0 Å². The zero-order valence-corrected chi connectivity index (χ0v) is 11.0. The topological polar surface area (TPSA) is 15.3 Å². The Bertz CT molecular complexity index is 277. The molecule has 3 aliphatic heterocycles. The second kappa shape index (κ2) is 5.53. The Labute approximate surface area is 105 Å². The summed E-state index contributed by atoms with van der Waals surface area (Å²) in [4.78, 5) is 2.64. The summed E-state index contributed by atoms with van der Waals surface area (Å²) in [6, 6.07) is 0.793. The van der Waals surface area contributed by atoms with Gasteiger partial charge >= 0.3 is 0 Å². The lowest BCUT2D eigenvalue weighted by molar-refractivity contribution is 0.0731. The lowest BCUT2D eigenvalue weighted by atomic mass is 9.84. The molecule has 17 heavy (non-hydrogen) atoms. The second-order valence-electron chi connectivity index (χ2n) is 6.06. The molecule has 0 amide bonds. The van der Waals surface area contributed by atoms with E-state index in [4.69, 9.17) is 0 Å². The molecule has 4 aliphatic rings. The molecular formula is C15H26N2. The summed E-state index contributed by atoms with van der Waals surface area (Å²) in [6.07, 6.45) is 12.2. The number of fused-ring (bicyclic) bond motifs is 3. The number of nitrogens with zero attached hydrogens (tertiary/aromatic N) is 1.